The van der Waals surface area contributed by atoms with Crippen LogP contribution in [0.15, 0.2) is 58.5 Å². The van der Waals surface area contributed by atoms with Gasteiger partial charge in [-0.15, -0.1) is 0 Å². The summed E-state index contributed by atoms with van der Waals surface area (Å²) in [6.07, 6.45) is 1.91. The van der Waals surface area contributed by atoms with Crippen LogP contribution in [-0.2, 0) is 11.3 Å². The van der Waals surface area contributed by atoms with E-state index in [1.807, 2.05) is 25.1 Å². The highest BCUT2D eigenvalue weighted by atomic mass is 32.2. The molecule has 2 aromatic carbocycles. The molecule has 3 aromatic rings. The molecule has 1 atom stereocenters. The van der Waals surface area contributed by atoms with Crippen LogP contribution in [0, 0.1) is 5.82 Å². The van der Waals surface area contributed by atoms with Crippen molar-refractivity contribution in [2.75, 3.05) is 7.05 Å². The van der Waals surface area contributed by atoms with Crippen molar-refractivity contribution in [2.45, 2.75) is 42.8 Å². The second-order valence-corrected chi connectivity index (χ2v) is 8.71. The Balaban J connectivity index is 1.56. The predicted molar refractivity (Wildman–Crippen MR) is 112 cm³/mol. The Bertz CT molecular complexity index is 1130. The number of nitrogens with zero attached hydrogens (tertiary/aromatic N) is 3. The summed E-state index contributed by atoms with van der Waals surface area (Å²) in [4.78, 5) is 32.1. The monoisotopic (exact) mass is 411 g/mol. The summed E-state index contributed by atoms with van der Waals surface area (Å²) in [5.41, 5.74) is 1.33. The number of halogens is 1. The van der Waals surface area contributed by atoms with Crippen molar-refractivity contribution in [2.24, 2.45) is 0 Å². The van der Waals surface area contributed by atoms with Gasteiger partial charge in [-0.1, -0.05) is 36.0 Å². The van der Waals surface area contributed by atoms with Crippen molar-refractivity contribution in [3.8, 4) is 0 Å². The minimum absolute atomic E-state index is 0.0478. The van der Waals surface area contributed by atoms with Gasteiger partial charge in [0.25, 0.3) is 5.56 Å². The fourth-order valence-electron chi connectivity index (χ4n) is 3.37. The first kappa shape index (κ1) is 19.6. The van der Waals surface area contributed by atoms with Crippen LogP contribution in [0.2, 0.25) is 0 Å². The van der Waals surface area contributed by atoms with E-state index in [1.54, 1.807) is 34.7 Å². The van der Waals surface area contributed by atoms with E-state index in [0.717, 1.165) is 18.4 Å². The highest BCUT2D eigenvalue weighted by molar-refractivity contribution is 8.00. The third-order valence-corrected chi connectivity index (χ3v) is 6.06. The Morgan fingerprint density at radius 1 is 1.28 bits per heavy atom. The van der Waals surface area contributed by atoms with Crippen LogP contribution in [0.25, 0.3) is 10.9 Å². The van der Waals surface area contributed by atoms with Crippen molar-refractivity contribution in [1.29, 1.82) is 0 Å². The Morgan fingerprint density at radius 3 is 2.76 bits per heavy atom. The molecule has 1 aliphatic carbocycles. The molecule has 29 heavy (non-hydrogen) atoms. The number of hydrogen-bond donors (Lipinski definition) is 0. The van der Waals surface area contributed by atoms with E-state index >= 15 is 0 Å². The zero-order chi connectivity index (χ0) is 20.5. The maximum atomic E-state index is 13.4. The molecule has 0 aliphatic heterocycles. The van der Waals surface area contributed by atoms with Gasteiger partial charge in [-0.2, -0.15) is 0 Å². The third-order valence-electron chi connectivity index (χ3n) is 5.00. The zero-order valence-corrected chi connectivity index (χ0v) is 17.2. The number of amides is 1. The van der Waals surface area contributed by atoms with Crippen molar-refractivity contribution < 1.29 is 9.18 Å². The van der Waals surface area contributed by atoms with Gasteiger partial charge in [0.2, 0.25) is 5.91 Å². The number of fused-ring (bicyclic) bond motifs is 1. The van der Waals surface area contributed by atoms with E-state index in [0.29, 0.717) is 22.6 Å². The zero-order valence-electron chi connectivity index (χ0n) is 16.3. The largest absolute Gasteiger partial charge is 0.340 e. The van der Waals surface area contributed by atoms with Crippen LogP contribution in [0.4, 0.5) is 4.39 Å². The van der Waals surface area contributed by atoms with Crippen LogP contribution in [0.5, 0.6) is 0 Å². The molecule has 0 radical (unpaired) electrons. The molecule has 0 saturated heterocycles. The molecule has 0 N–H and O–H groups in total. The normalized spacial score (nSPS) is 14.7. The molecule has 1 heterocycles. The van der Waals surface area contributed by atoms with Gasteiger partial charge < -0.3 is 4.90 Å². The standard InChI is InChI=1S/C22H22FN3O2S/c1-14(20(27)25(2)13-15-6-5-7-16(23)12-15)29-22-24-19-9-4-3-8-18(19)21(28)26(22)17-10-11-17/h3-9,12,14,17H,10-11,13H2,1-2H3/t14-/m0/s1. The second kappa shape index (κ2) is 7.99. The Hall–Kier alpha value is -2.67. The van der Waals surface area contributed by atoms with Gasteiger partial charge in [0.15, 0.2) is 5.16 Å². The summed E-state index contributed by atoms with van der Waals surface area (Å²) in [6, 6.07) is 13.7. The molecule has 1 aliphatic rings. The van der Waals surface area contributed by atoms with E-state index in [-0.39, 0.29) is 23.3 Å². The second-order valence-electron chi connectivity index (χ2n) is 7.40. The van der Waals surface area contributed by atoms with E-state index in [4.69, 9.17) is 0 Å². The van der Waals surface area contributed by atoms with Crippen LogP contribution in [0.3, 0.4) is 0 Å². The van der Waals surface area contributed by atoms with Crippen LogP contribution >= 0.6 is 11.8 Å². The Labute approximate surface area is 172 Å². The summed E-state index contributed by atoms with van der Waals surface area (Å²) in [5, 5.41) is 0.758. The summed E-state index contributed by atoms with van der Waals surface area (Å²) >= 11 is 1.30. The van der Waals surface area contributed by atoms with E-state index in [9.17, 15) is 14.0 Å². The molecule has 1 amide bonds. The van der Waals surface area contributed by atoms with E-state index in [1.165, 1.54) is 23.9 Å². The minimum Gasteiger partial charge on any atom is -0.340 e. The lowest BCUT2D eigenvalue weighted by Crippen LogP contribution is -2.33. The highest BCUT2D eigenvalue weighted by Gasteiger charge is 2.30. The maximum Gasteiger partial charge on any atom is 0.262 e. The predicted octanol–water partition coefficient (Wildman–Crippen LogP) is 4.01. The molecule has 4 rings (SSSR count). The molecule has 0 bridgehead atoms. The fourth-order valence-corrected chi connectivity index (χ4v) is 4.46. The number of benzene rings is 2. The maximum absolute atomic E-state index is 13.4. The molecular weight excluding hydrogens is 389 g/mol. The number of carbonyl (C=O) groups is 1. The summed E-state index contributed by atoms with van der Waals surface area (Å²) in [7, 11) is 1.70. The number of thioether (sulfide) groups is 1. The number of para-hydroxylation sites is 1. The lowest BCUT2D eigenvalue weighted by Gasteiger charge is -2.22. The van der Waals surface area contributed by atoms with Crippen LogP contribution in [-0.4, -0.2) is 32.7 Å². The minimum atomic E-state index is -0.424. The molecule has 7 heteroatoms. The number of hydrogen-bond acceptors (Lipinski definition) is 4. The molecule has 150 valence electrons. The fraction of sp³-hybridized carbons (Fsp3) is 0.318. The van der Waals surface area contributed by atoms with Crippen molar-refractivity contribution in [1.82, 2.24) is 14.5 Å². The van der Waals surface area contributed by atoms with Gasteiger partial charge in [0.1, 0.15) is 5.82 Å². The quantitative estimate of drug-likeness (QED) is 0.454. The van der Waals surface area contributed by atoms with Crippen LogP contribution in [0.1, 0.15) is 31.4 Å². The van der Waals surface area contributed by atoms with E-state index in [2.05, 4.69) is 4.98 Å². The first-order chi connectivity index (χ1) is 13.9. The topological polar surface area (TPSA) is 55.2 Å². The molecule has 1 saturated carbocycles. The van der Waals surface area contributed by atoms with Crippen molar-refractivity contribution in [3.05, 3.63) is 70.3 Å². The number of rotatable bonds is 6. The Kier molecular flexibility index (Phi) is 5.41. The van der Waals surface area contributed by atoms with Gasteiger partial charge in [-0.25, -0.2) is 9.37 Å². The summed E-state index contributed by atoms with van der Waals surface area (Å²) < 4.78 is 15.1. The van der Waals surface area contributed by atoms with Crippen molar-refractivity contribution in [3.63, 3.8) is 0 Å². The third kappa shape index (κ3) is 4.19. The highest BCUT2D eigenvalue weighted by Crippen LogP contribution is 2.37. The average Bonchev–Trinajstić information content (AvgIpc) is 3.52. The van der Waals surface area contributed by atoms with Crippen LogP contribution < -0.4 is 5.56 Å². The summed E-state index contributed by atoms with van der Waals surface area (Å²) in [6.45, 7) is 2.13. The molecule has 5 nitrogen and oxygen atoms in total. The van der Waals surface area contributed by atoms with Crippen molar-refractivity contribution >= 4 is 28.6 Å². The molecule has 1 aromatic heterocycles. The van der Waals surface area contributed by atoms with Gasteiger partial charge in [0.05, 0.1) is 16.2 Å². The summed E-state index contributed by atoms with van der Waals surface area (Å²) in [5.74, 6) is -0.413. The number of carbonyl (C=O) groups excluding carboxylic acids is 1. The van der Waals surface area contributed by atoms with Gasteiger partial charge >= 0.3 is 0 Å². The SMILES string of the molecule is C[C@H](Sc1nc2ccccc2c(=O)n1C1CC1)C(=O)N(C)Cc1cccc(F)c1. The average molecular weight is 412 g/mol. The van der Waals surface area contributed by atoms with E-state index < -0.39 is 5.25 Å². The smallest absolute Gasteiger partial charge is 0.262 e. The first-order valence-corrected chi connectivity index (χ1v) is 10.5. The molecular formula is C22H22FN3O2S. The van der Waals surface area contributed by atoms with Gasteiger partial charge in [0, 0.05) is 19.6 Å². The molecule has 0 spiro atoms. The van der Waals surface area contributed by atoms with Gasteiger partial charge in [-0.3, -0.25) is 14.2 Å². The van der Waals surface area contributed by atoms with Gasteiger partial charge in [-0.05, 0) is 49.6 Å². The lowest BCUT2D eigenvalue weighted by atomic mass is 10.2. The molecule has 0 unspecified atom stereocenters. The number of aromatic nitrogens is 2. The Morgan fingerprint density at radius 2 is 2.03 bits per heavy atom. The first-order valence-electron chi connectivity index (χ1n) is 9.61. The molecule has 1 fully saturated rings. The lowest BCUT2D eigenvalue weighted by molar-refractivity contribution is -0.129.